The number of amides is 2. The zero-order valence-corrected chi connectivity index (χ0v) is 11.9. The second-order valence-corrected chi connectivity index (χ2v) is 5.02. The molecule has 2 amide bonds. The normalized spacial score (nSPS) is 13.6. The highest BCUT2D eigenvalue weighted by atomic mass is 35.5. The highest BCUT2D eigenvalue weighted by Crippen LogP contribution is 2.30. The molecule has 0 fully saturated rings. The summed E-state index contributed by atoms with van der Waals surface area (Å²) in [6.45, 7) is 2.44. The van der Waals surface area contributed by atoms with Crippen molar-refractivity contribution in [1.29, 1.82) is 0 Å². The molecule has 1 aliphatic heterocycles. The number of rotatable bonds is 5. The molecule has 2 rings (SSSR count). The van der Waals surface area contributed by atoms with E-state index in [1.54, 1.807) is 12.1 Å². The van der Waals surface area contributed by atoms with E-state index >= 15 is 0 Å². The fourth-order valence-electron chi connectivity index (χ4n) is 2.03. The predicted molar refractivity (Wildman–Crippen MR) is 76.1 cm³/mol. The average molecular weight is 295 g/mol. The van der Waals surface area contributed by atoms with Gasteiger partial charge in [-0.3, -0.25) is 19.3 Å². The fourth-order valence-corrected chi connectivity index (χ4v) is 2.21. The van der Waals surface area contributed by atoms with E-state index in [9.17, 15) is 14.4 Å². The Bertz CT molecular complexity index is 572. The van der Waals surface area contributed by atoms with Crippen LogP contribution < -0.4 is 10.2 Å². The molecular weight excluding hydrogens is 280 g/mol. The lowest BCUT2D eigenvalue weighted by Gasteiger charge is -2.16. The van der Waals surface area contributed by atoms with Gasteiger partial charge in [0.05, 0.1) is 11.3 Å². The van der Waals surface area contributed by atoms with Gasteiger partial charge in [0.15, 0.2) is 0 Å². The molecule has 0 unspecified atom stereocenters. The summed E-state index contributed by atoms with van der Waals surface area (Å²) in [4.78, 5) is 36.7. The summed E-state index contributed by atoms with van der Waals surface area (Å²) in [5.74, 6) is -1.58. The van der Waals surface area contributed by atoms with Crippen molar-refractivity contribution < 1.29 is 14.4 Å². The lowest BCUT2D eigenvalue weighted by molar-refractivity contribution is -0.122. The molecule has 6 heteroatoms. The first-order valence-electron chi connectivity index (χ1n) is 6.47. The number of unbranched alkanes of at least 4 members (excludes halogenated alkanes) is 1. The summed E-state index contributed by atoms with van der Waals surface area (Å²) < 4.78 is 0. The fraction of sp³-hybridized carbons (Fsp3) is 0.357. The number of carbonyl (C=O) groups excluding carboxylic acids is 3. The summed E-state index contributed by atoms with van der Waals surface area (Å²) in [7, 11) is 0. The van der Waals surface area contributed by atoms with Crippen LogP contribution in [0, 0.1) is 0 Å². The Morgan fingerprint density at radius 1 is 1.35 bits per heavy atom. The lowest BCUT2D eigenvalue weighted by atomic mass is 10.1. The first-order valence-corrected chi connectivity index (χ1v) is 6.85. The molecule has 1 heterocycles. The number of hydrogen-bond acceptors (Lipinski definition) is 3. The van der Waals surface area contributed by atoms with Gasteiger partial charge in [0.1, 0.15) is 6.54 Å². The summed E-state index contributed by atoms with van der Waals surface area (Å²) in [5.41, 5.74) is 0.693. The lowest BCUT2D eigenvalue weighted by Crippen LogP contribution is -2.40. The van der Waals surface area contributed by atoms with Gasteiger partial charge in [0.25, 0.3) is 11.7 Å². The molecule has 0 aliphatic carbocycles. The van der Waals surface area contributed by atoms with Crippen LogP contribution in [0.1, 0.15) is 30.1 Å². The van der Waals surface area contributed by atoms with Gasteiger partial charge >= 0.3 is 0 Å². The SMILES string of the molecule is CCCCNC(=O)CN1C(=O)C(=O)c2cc(Cl)ccc21. The van der Waals surface area contributed by atoms with Crippen molar-refractivity contribution in [1.82, 2.24) is 5.32 Å². The Hall–Kier alpha value is -1.88. The highest BCUT2D eigenvalue weighted by Gasteiger charge is 2.36. The number of hydrogen-bond donors (Lipinski definition) is 1. The third-order valence-electron chi connectivity index (χ3n) is 3.09. The van der Waals surface area contributed by atoms with Crippen molar-refractivity contribution in [3.05, 3.63) is 28.8 Å². The van der Waals surface area contributed by atoms with E-state index in [2.05, 4.69) is 5.32 Å². The zero-order chi connectivity index (χ0) is 14.7. The van der Waals surface area contributed by atoms with Crippen molar-refractivity contribution in [3.8, 4) is 0 Å². The highest BCUT2D eigenvalue weighted by molar-refractivity contribution is 6.53. The van der Waals surface area contributed by atoms with Crippen molar-refractivity contribution >= 4 is 34.9 Å². The Balaban J connectivity index is 2.12. The maximum atomic E-state index is 11.9. The average Bonchev–Trinajstić information content (AvgIpc) is 2.64. The van der Waals surface area contributed by atoms with Crippen LogP contribution in [0.5, 0.6) is 0 Å². The number of carbonyl (C=O) groups is 3. The van der Waals surface area contributed by atoms with Crippen LogP contribution in [0.15, 0.2) is 18.2 Å². The van der Waals surface area contributed by atoms with Crippen LogP contribution >= 0.6 is 11.6 Å². The molecule has 0 saturated carbocycles. The van der Waals surface area contributed by atoms with Gasteiger partial charge in [-0.1, -0.05) is 24.9 Å². The minimum Gasteiger partial charge on any atom is -0.355 e. The number of nitrogens with zero attached hydrogens (tertiary/aromatic N) is 1. The summed E-state index contributed by atoms with van der Waals surface area (Å²) in [5, 5.41) is 3.11. The van der Waals surface area contributed by atoms with Gasteiger partial charge in [-0.25, -0.2) is 0 Å². The van der Waals surface area contributed by atoms with E-state index in [-0.39, 0.29) is 18.0 Å². The molecule has 1 N–H and O–H groups in total. The molecule has 5 nitrogen and oxygen atoms in total. The monoisotopic (exact) mass is 294 g/mol. The molecule has 0 saturated heterocycles. The third kappa shape index (κ3) is 2.82. The summed E-state index contributed by atoms with van der Waals surface area (Å²) in [6.07, 6.45) is 1.85. The number of fused-ring (bicyclic) bond motifs is 1. The number of benzene rings is 1. The van der Waals surface area contributed by atoms with Crippen molar-refractivity contribution in [2.75, 3.05) is 18.0 Å². The zero-order valence-electron chi connectivity index (χ0n) is 11.1. The van der Waals surface area contributed by atoms with E-state index in [1.807, 2.05) is 6.92 Å². The largest absolute Gasteiger partial charge is 0.355 e. The predicted octanol–water partition coefficient (Wildman–Crippen LogP) is 1.79. The van der Waals surface area contributed by atoms with Crippen LogP contribution in [-0.4, -0.2) is 30.7 Å². The van der Waals surface area contributed by atoms with Crippen LogP contribution in [0.2, 0.25) is 5.02 Å². The maximum Gasteiger partial charge on any atom is 0.299 e. The van der Waals surface area contributed by atoms with Gasteiger partial charge in [0, 0.05) is 11.6 Å². The van der Waals surface area contributed by atoms with E-state index in [0.717, 1.165) is 12.8 Å². The number of Topliss-reactive ketones (excluding diaryl/α,β-unsaturated/α-hetero) is 1. The molecule has 106 valence electrons. The van der Waals surface area contributed by atoms with Crippen LogP contribution in [-0.2, 0) is 9.59 Å². The van der Waals surface area contributed by atoms with Crippen LogP contribution in [0.4, 0.5) is 5.69 Å². The van der Waals surface area contributed by atoms with Crippen LogP contribution in [0.3, 0.4) is 0 Å². The molecule has 0 spiro atoms. The van der Waals surface area contributed by atoms with Crippen molar-refractivity contribution in [3.63, 3.8) is 0 Å². The third-order valence-corrected chi connectivity index (χ3v) is 3.32. The molecule has 1 aromatic carbocycles. The topological polar surface area (TPSA) is 66.5 Å². The van der Waals surface area contributed by atoms with Gasteiger partial charge in [-0.05, 0) is 24.6 Å². The number of halogens is 1. The quantitative estimate of drug-likeness (QED) is 0.665. The van der Waals surface area contributed by atoms with E-state index in [4.69, 9.17) is 11.6 Å². The minimum absolute atomic E-state index is 0.150. The number of ketones is 1. The minimum atomic E-state index is -0.687. The van der Waals surface area contributed by atoms with Crippen molar-refractivity contribution in [2.45, 2.75) is 19.8 Å². The molecule has 0 radical (unpaired) electrons. The summed E-state index contributed by atoms with van der Waals surface area (Å²) in [6, 6.07) is 4.63. The Morgan fingerprint density at radius 2 is 2.10 bits per heavy atom. The van der Waals surface area contributed by atoms with Gasteiger partial charge < -0.3 is 5.32 Å². The molecule has 1 aliphatic rings. The van der Waals surface area contributed by atoms with Crippen LogP contribution in [0.25, 0.3) is 0 Å². The Labute approximate surface area is 121 Å². The molecule has 1 aromatic rings. The number of nitrogens with one attached hydrogen (secondary N) is 1. The van der Waals surface area contributed by atoms with E-state index in [0.29, 0.717) is 17.3 Å². The van der Waals surface area contributed by atoms with Crippen molar-refractivity contribution in [2.24, 2.45) is 0 Å². The van der Waals surface area contributed by atoms with E-state index < -0.39 is 11.7 Å². The Kier molecular flexibility index (Phi) is 4.39. The molecule has 20 heavy (non-hydrogen) atoms. The number of anilines is 1. The molecule has 0 atom stereocenters. The second-order valence-electron chi connectivity index (χ2n) is 4.59. The molecular formula is C14H15ClN2O3. The maximum absolute atomic E-state index is 11.9. The molecule has 0 bridgehead atoms. The first-order chi connectivity index (χ1) is 9.54. The smallest absolute Gasteiger partial charge is 0.299 e. The van der Waals surface area contributed by atoms with Gasteiger partial charge in [-0.15, -0.1) is 0 Å². The second kappa shape index (κ2) is 6.05. The molecule has 0 aromatic heterocycles. The Morgan fingerprint density at radius 3 is 2.80 bits per heavy atom. The standard InChI is InChI=1S/C14H15ClN2O3/c1-2-3-6-16-12(18)8-17-11-5-4-9(15)7-10(11)13(19)14(17)20/h4-5,7H,2-3,6,8H2,1H3,(H,16,18). The van der Waals surface area contributed by atoms with Gasteiger partial charge in [0.2, 0.25) is 5.91 Å². The summed E-state index contributed by atoms with van der Waals surface area (Å²) >= 11 is 5.81. The van der Waals surface area contributed by atoms with E-state index in [1.165, 1.54) is 11.0 Å². The first kappa shape index (κ1) is 14.5. The van der Waals surface area contributed by atoms with Gasteiger partial charge in [-0.2, -0.15) is 0 Å².